The van der Waals surface area contributed by atoms with E-state index < -0.39 is 0 Å². The lowest BCUT2D eigenvalue weighted by Crippen LogP contribution is -2.30. The van der Waals surface area contributed by atoms with Gasteiger partial charge in [0.25, 0.3) is 0 Å². The number of nitrogens with one attached hydrogen (secondary N) is 1. The minimum absolute atomic E-state index is 0.273. The lowest BCUT2D eigenvalue weighted by Gasteiger charge is -2.29. The highest BCUT2D eigenvalue weighted by atomic mass is 35.5. The number of hydrogen-bond donors (Lipinski definition) is 1. The smallest absolute Gasteiger partial charge is 0.0602 e. The molecule has 4 heteroatoms. The Morgan fingerprint density at radius 2 is 1.22 bits per heavy atom. The number of likely N-dealkylation sites (tertiary alicyclic amines) is 1. The summed E-state index contributed by atoms with van der Waals surface area (Å²) in [6.07, 6.45) is 0. The number of nitrogens with zero attached hydrogens (tertiary/aromatic N) is 1. The van der Waals surface area contributed by atoms with Crippen molar-refractivity contribution >= 4 is 23.2 Å². The molecule has 0 saturated carbocycles. The maximum Gasteiger partial charge on any atom is 0.0602 e. The zero-order valence-corrected chi connectivity index (χ0v) is 14.4. The van der Waals surface area contributed by atoms with E-state index in [9.17, 15) is 0 Å². The minimum atomic E-state index is 0.273. The van der Waals surface area contributed by atoms with Crippen molar-refractivity contribution in [3.63, 3.8) is 0 Å². The molecule has 2 aliphatic heterocycles. The molecule has 2 aromatic rings. The second-order valence-corrected chi connectivity index (χ2v) is 7.51. The van der Waals surface area contributed by atoms with Gasteiger partial charge in [0.05, 0.1) is 6.04 Å². The molecule has 23 heavy (non-hydrogen) atoms. The van der Waals surface area contributed by atoms with E-state index in [0.29, 0.717) is 0 Å². The number of rotatable bonds is 3. The van der Waals surface area contributed by atoms with Gasteiger partial charge in [0.15, 0.2) is 0 Å². The molecule has 0 amide bonds. The Morgan fingerprint density at radius 3 is 1.65 bits per heavy atom. The first-order chi connectivity index (χ1) is 11.2. The molecule has 2 aromatic carbocycles. The monoisotopic (exact) mass is 346 g/mol. The third kappa shape index (κ3) is 3.14. The Kier molecular flexibility index (Phi) is 4.33. The molecule has 2 heterocycles. The molecule has 0 radical (unpaired) electrons. The van der Waals surface area contributed by atoms with Crippen LogP contribution in [-0.2, 0) is 0 Å². The maximum absolute atomic E-state index is 6.08. The molecule has 0 aliphatic carbocycles. The van der Waals surface area contributed by atoms with Gasteiger partial charge in [-0.1, -0.05) is 47.5 Å². The van der Waals surface area contributed by atoms with Crippen LogP contribution >= 0.6 is 23.2 Å². The summed E-state index contributed by atoms with van der Waals surface area (Å²) in [5.74, 6) is 1.55. The van der Waals surface area contributed by atoms with Crippen molar-refractivity contribution in [3.8, 4) is 0 Å². The Balaban J connectivity index is 1.68. The van der Waals surface area contributed by atoms with Gasteiger partial charge in [0, 0.05) is 23.1 Å². The van der Waals surface area contributed by atoms with Gasteiger partial charge in [-0.15, -0.1) is 0 Å². The van der Waals surface area contributed by atoms with Crippen LogP contribution in [0.1, 0.15) is 17.2 Å². The molecule has 1 N–H and O–H groups in total. The van der Waals surface area contributed by atoms with Gasteiger partial charge in [-0.3, -0.25) is 4.90 Å². The Labute approximate surface area is 147 Å². The van der Waals surface area contributed by atoms with E-state index in [4.69, 9.17) is 23.2 Å². The molecule has 4 rings (SSSR count). The molecule has 0 spiro atoms. The van der Waals surface area contributed by atoms with Gasteiger partial charge in [0.2, 0.25) is 0 Å². The standard InChI is InChI=1S/C19H20Cl2N2/c20-17-5-1-13(2-6-17)19(14-3-7-18(21)8-4-14)23-11-15-9-22-10-16(15)12-23/h1-8,15-16,19,22H,9-12H2. The topological polar surface area (TPSA) is 15.3 Å². The van der Waals surface area contributed by atoms with Gasteiger partial charge in [-0.2, -0.15) is 0 Å². The fraction of sp³-hybridized carbons (Fsp3) is 0.368. The third-order valence-electron chi connectivity index (χ3n) is 5.15. The average molecular weight is 347 g/mol. The zero-order chi connectivity index (χ0) is 15.8. The van der Waals surface area contributed by atoms with Crippen LogP contribution in [0.2, 0.25) is 10.0 Å². The molecule has 2 nitrogen and oxygen atoms in total. The third-order valence-corrected chi connectivity index (χ3v) is 5.66. The molecule has 2 saturated heterocycles. The highest BCUT2D eigenvalue weighted by Gasteiger charge is 2.39. The van der Waals surface area contributed by atoms with E-state index in [1.165, 1.54) is 11.1 Å². The van der Waals surface area contributed by atoms with Crippen LogP contribution < -0.4 is 5.32 Å². The Hall–Kier alpha value is -1.06. The largest absolute Gasteiger partial charge is 0.316 e. The van der Waals surface area contributed by atoms with Crippen molar-refractivity contribution in [1.82, 2.24) is 10.2 Å². The van der Waals surface area contributed by atoms with Crippen LogP contribution in [-0.4, -0.2) is 31.1 Å². The van der Waals surface area contributed by atoms with E-state index in [1.54, 1.807) is 0 Å². The van der Waals surface area contributed by atoms with Crippen molar-refractivity contribution in [2.24, 2.45) is 11.8 Å². The van der Waals surface area contributed by atoms with Crippen molar-refractivity contribution in [1.29, 1.82) is 0 Å². The van der Waals surface area contributed by atoms with Crippen molar-refractivity contribution in [2.75, 3.05) is 26.2 Å². The van der Waals surface area contributed by atoms with Gasteiger partial charge >= 0.3 is 0 Å². The van der Waals surface area contributed by atoms with Crippen LogP contribution in [0, 0.1) is 11.8 Å². The average Bonchev–Trinajstić information content (AvgIpc) is 3.13. The number of benzene rings is 2. The second kappa shape index (κ2) is 6.45. The SMILES string of the molecule is Clc1ccc(C(c2ccc(Cl)cc2)N2CC3CNCC3C2)cc1. The summed E-state index contributed by atoms with van der Waals surface area (Å²) in [6, 6.07) is 16.8. The normalized spacial score (nSPS) is 24.3. The van der Waals surface area contributed by atoms with Crippen molar-refractivity contribution in [2.45, 2.75) is 6.04 Å². The van der Waals surface area contributed by atoms with Crippen LogP contribution in [0.4, 0.5) is 0 Å². The molecule has 2 aliphatic rings. The summed E-state index contributed by atoms with van der Waals surface area (Å²) >= 11 is 12.2. The van der Waals surface area contributed by atoms with Crippen LogP contribution in [0.25, 0.3) is 0 Å². The van der Waals surface area contributed by atoms with E-state index in [2.05, 4.69) is 34.5 Å². The van der Waals surface area contributed by atoms with Crippen molar-refractivity contribution < 1.29 is 0 Å². The highest BCUT2D eigenvalue weighted by molar-refractivity contribution is 6.30. The van der Waals surface area contributed by atoms with Gasteiger partial charge in [0.1, 0.15) is 0 Å². The zero-order valence-electron chi connectivity index (χ0n) is 12.9. The van der Waals surface area contributed by atoms with E-state index >= 15 is 0 Å². The summed E-state index contributed by atoms with van der Waals surface area (Å²) in [5, 5.41) is 5.08. The van der Waals surface area contributed by atoms with Gasteiger partial charge < -0.3 is 5.32 Å². The van der Waals surface area contributed by atoms with Crippen LogP contribution in [0.3, 0.4) is 0 Å². The first-order valence-electron chi connectivity index (χ1n) is 8.16. The van der Waals surface area contributed by atoms with Crippen molar-refractivity contribution in [3.05, 3.63) is 69.7 Å². The fourth-order valence-electron chi connectivity index (χ4n) is 4.01. The Bertz CT molecular complexity index is 611. The lowest BCUT2D eigenvalue weighted by atomic mass is 9.97. The maximum atomic E-state index is 6.08. The van der Waals surface area contributed by atoms with E-state index in [0.717, 1.165) is 48.1 Å². The fourth-order valence-corrected chi connectivity index (χ4v) is 4.26. The molecule has 0 bridgehead atoms. The Morgan fingerprint density at radius 1 is 0.783 bits per heavy atom. The number of fused-ring (bicyclic) bond motifs is 1. The summed E-state index contributed by atoms with van der Waals surface area (Å²) in [7, 11) is 0. The molecule has 0 aromatic heterocycles. The van der Waals surface area contributed by atoms with Gasteiger partial charge in [-0.05, 0) is 60.3 Å². The first kappa shape index (κ1) is 15.5. The highest BCUT2D eigenvalue weighted by Crippen LogP contribution is 2.37. The molecule has 120 valence electrons. The molecular weight excluding hydrogens is 327 g/mol. The van der Waals surface area contributed by atoms with E-state index in [1.807, 2.05) is 24.3 Å². The predicted octanol–water partition coefficient (Wildman–Crippen LogP) is 4.23. The molecule has 2 atom stereocenters. The quantitative estimate of drug-likeness (QED) is 0.894. The van der Waals surface area contributed by atoms with Crippen LogP contribution in [0.15, 0.2) is 48.5 Å². The predicted molar refractivity (Wildman–Crippen MR) is 96.2 cm³/mol. The number of halogens is 2. The lowest BCUT2D eigenvalue weighted by molar-refractivity contribution is 0.260. The van der Waals surface area contributed by atoms with E-state index in [-0.39, 0.29) is 6.04 Å². The minimum Gasteiger partial charge on any atom is -0.316 e. The first-order valence-corrected chi connectivity index (χ1v) is 8.92. The summed E-state index contributed by atoms with van der Waals surface area (Å²) < 4.78 is 0. The second-order valence-electron chi connectivity index (χ2n) is 6.64. The van der Waals surface area contributed by atoms with Gasteiger partial charge in [-0.25, -0.2) is 0 Å². The number of hydrogen-bond acceptors (Lipinski definition) is 2. The molecular formula is C19H20Cl2N2. The summed E-state index contributed by atoms with van der Waals surface area (Å²) in [5.41, 5.74) is 2.59. The molecule has 2 unspecified atom stereocenters. The summed E-state index contributed by atoms with van der Waals surface area (Å²) in [6.45, 7) is 4.59. The molecule has 2 fully saturated rings. The van der Waals surface area contributed by atoms with Crippen LogP contribution in [0.5, 0.6) is 0 Å². The summed E-state index contributed by atoms with van der Waals surface area (Å²) in [4.78, 5) is 2.61.